The van der Waals surface area contributed by atoms with Gasteiger partial charge >= 0.3 is 0 Å². The Kier molecular flexibility index (Phi) is 6.14. The average Bonchev–Trinajstić information content (AvgIpc) is 2.58. The van der Waals surface area contributed by atoms with Crippen molar-refractivity contribution in [2.24, 2.45) is 0 Å². The molecule has 1 saturated heterocycles. The number of carbonyl (C=O) groups is 2. The van der Waals surface area contributed by atoms with E-state index in [1.54, 1.807) is 0 Å². The van der Waals surface area contributed by atoms with Crippen LogP contribution in [-0.2, 0) is 9.59 Å². The minimum absolute atomic E-state index is 0.0513. The van der Waals surface area contributed by atoms with E-state index < -0.39 is 0 Å². The summed E-state index contributed by atoms with van der Waals surface area (Å²) >= 11 is 0. The fourth-order valence-corrected chi connectivity index (χ4v) is 2.83. The maximum atomic E-state index is 12.1. The lowest BCUT2D eigenvalue weighted by molar-refractivity contribution is -0.140. The van der Waals surface area contributed by atoms with Crippen molar-refractivity contribution < 1.29 is 9.59 Å². The fourth-order valence-electron chi connectivity index (χ4n) is 2.83. The minimum Gasteiger partial charge on any atom is -0.304 e. The van der Waals surface area contributed by atoms with Crippen molar-refractivity contribution in [3.05, 3.63) is 0 Å². The Morgan fingerprint density at radius 2 is 1.70 bits per heavy atom. The molecule has 1 N–H and O–H groups in total. The number of likely N-dealkylation sites (tertiary alicyclic amines) is 1. The molecule has 0 aromatic carbocycles. The van der Waals surface area contributed by atoms with E-state index >= 15 is 0 Å². The zero-order chi connectivity index (χ0) is 15.4. The molecule has 1 fully saturated rings. The van der Waals surface area contributed by atoms with Gasteiger partial charge in [-0.05, 0) is 41.5 Å². The van der Waals surface area contributed by atoms with Gasteiger partial charge in [-0.15, -0.1) is 0 Å². The van der Waals surface area contributed by atoms with Crippen LogP contribution >= 0.6 is 0 Å². The largest absolute Gasteiger partial charge is 0.304 e. The van der Waals surface area contributed by atoms with Crippen LogP contribution in [0.1, 0.15) is 48.0 Å². The van der Waals surface area contributed by atoms with Crippen molar-refractivity contribution in [1.82, 2.24) is 15.1 Å². The number of imide groups is 1. The quantitative estimate of drug-likeness (QED) is 0.714. The van der Waals surface area contributed by atoms with E-state index in [1.807, 2.05) is 13.8 Å². The number of nitrogens with zero attached hydrogens (tertiary/aromatic N) is 2. The molecule has 0 saturated carbocycles. The highest BCUT2D eigenvalue weighted by Crippen LogP contribution is 2.16. The van der Waals surface area contributed by atoms with Gasteiger partial charge in [0.1, 0.15) is 0 Å². The Morgan fingerprint density at radius 3 is 2.10 bits per heavy atom. The molecule has 0 aromatic rings. The van der Waals surface area contributed by atoms with Gasteiger partial charge in [-0.2, -0.15) is 0 Å². The van der Waals surface area contributed by atoms with Gasteiger partial charge in [-0.1, -0.05) is 0 Å². The van der Waals surface area contributed by atoms with Crippen LogP contribution in [0.25, 0.3) is 0 Å². The summed E-state index contributed by atoms with van der Waals surface area (Å²) in [6, 6.07) is 0.561. The van der Waals surface area contributed by atoms with Gasteiger partial charge in [-0.25, -0.2) is 0 Å². The van der Waals surface area contributed by atoms with Gasteiger partial charge in [0.15, 0.2) is 0 Å². The molecular weight excluding hydrogens is 254 g/mol. The zero-order valence-electron chi connectivity index (χ0n) is 13.6. The Hall–Kier alpha value is -0.940. The number of nitrogens with one attached hydrogen (secondary N) is 1. The van der Waals surface area contributed by atoms with Crippen LogP contribution in [0, 0.1) is 0 Å². The molecule has 1 atom stereocenters. The van der Waals surface area contributed by atoms with Crippen molar-refractivity contribution >= 4 is 11.8 Å². The van der Waals surface area contributed by atoms with Crippen LogP contribution < -0.4 is 5.32 Å². The third-order valence-corrected chi connectivity index (χ3v) is 3.79. The number of hydrogen-bond donors (Lipinski definition) is 1. The van der Waals surface area contributed by atoms with Crippen molar-refractivity contribution in [3.8, 4) is 0 Å². The molecule has 0 radical (unpaired) electrons. The lowest BCUT2D eigenvalue weighted by Gasteiger charge is -2.30. The Labute approximate surface area is 122 Å². The van der Waals surface area contributed by atoms with Crippen LogP contribution in [0.4, 0.5) is 0 Å². The second-order valence-corrected chi connectivity index (χ2v) is 6.33. The molecule has 0 aliphatic carbocycles. The molecule has 1 heterocycles. The molecule has 1 unspecified atom stereocenters. The van der Waals surface area contributed by atoms with Gasteiger partial charge in [-0.3, -0.25) is 19.4 Å². The fraction of sp³-hybridized carbons (Fsp3) is 0.867. The molecule has 1 aliphatic rings. The topological polar surface area (TPSA) is 52.7 Å². The van der Waals surface area contributed by atoms with Crippen LogP contribution in [-0.4, -0.2) is 58.9 Å². The maximum absolute atomic E-state index is 12.1. The standard InChI is InChI=1S/C15H29N3O2/c1-10(2)17(11(3)4)8-7-16-13-9-14(19)18(12(5)6)15(13)20/h10-13,16H,7-9H2,1-6H3. The highest BCUT2D eigenvalue weighted by molar-refractivity contribution is 6.05. The summed E-state index contributed by atoms with van der Waals surface area (Å²) in [5, 5.41) is 3.23. The molecular formula is C15H29N3O2. The first-order valence-corrected chi connectivity index (χ1v) is 7.60. The van der Waals surface area contributed by atoms with Crippen LogP contribution in [0.15, 0.2) is 0 Å². The smallest absolute Gasteiger partial charge is 0.247 e. The van der Waals surface area contributed by atoms with E-state index in [9.17, 15) is 9.59 Å². The van der Waals surface area contributed by atoms with E-state index in [4.69, 9.17) is 0 Å². The Bertz CT molecular complexity index is 345. The number of hydrogen-bond acceptors (Lipinski definition) is 4. The van der Waals surface area contributed by atoms with Crippen LogP contribution in [0.2, 0.25) is 0 Å². The lowest BCUT2D eigenvalue weighted by Crippen LogP contribution is -2.46. The predicted octanol–water partition coefficient (Wildman–Crippen LogP) is 1.23. The van der Waals surface area contributed by atoms with Gasteiger partial charge in [0.25, 0.3) is 0 Å². The van der Waals surface area contributed by atoms with Crippen molar-refractivity contribution in [2.75, 3.05) is 13.1 Å². The molecule has 1 rings (SSSR count). The molecule has 2 amide bonds. The van der Waals surface area contributed by atoms with Gasteiger partial charge in [0.2, 0.25) is 11.8 Å². The number of rotatable bonds is 7. The molecule has 0 bridgehead atoms. The summed E-state index contributed by atoms with van der Waals surface area (Å²) in [5.41, 5.74) is 0. The summed E-state index contributed by atoms with van der Waals surface area (Å²) in [4.78, 5) is 27.7. The third-order valence-electron chi connectivity index (χ3n) is 3.79. The lowest BCUT2D eigenvalue weighted by atomic mass is 10.2. The Morgan fingerprint density at radius 1 is 1.15 bits per heavy atom. The first-order valence-electron chi connectivity index (χ1n) is 7.60. The van der Waals surface area contributed by atoms with Crippen LogP contribution in [0.5, 0.6) is 0 Å². The maximum Gasteiger partial charge on any atom is 0.247 e. The summed E-state index contributed by atoms with van der Waals surface area (Å²) < 4.78 is 0. The number of carbonyl (C=O) groups excluding carboxylic acids is 2. The molecule has 116 valence electrons. The first-order chi connectivity index (χ1) is 9.25. The second-order valence-electron chi connectivity index (χ2n) is 6.33. The van der Waals surface area contributed by atoms with Crippen molar-refractivity contribution in [1.29, 1.82) is 0 Å². The second kappa shape index (κ2) is 7.18. The van der Waals surface area contributed by atoms with Crippen molar-refractivity contribution in [2.45, 2.75) is 72.1 Å². The predicted molar refractivity (Wildman–Crippen MR) is 80.4 cm³/mol. The molecule has 20 heavy (non-hydrogen) atoms. The monoisotopic (exact) mass is 283 g/mol. The van der Waals surface area contributed by atoms with Crippen molar-refractivity contribution in [3.63, 3.8) is 0 Å². The molecule has 0 spiro atoms. The van der Waals surface area contributed by atoms with E-state index in [-0.39, 0.29) is 23.9 Å². The van der Waals surface area contributed by atoms with Crippen LogP contribution in [0.3, 0.4) is 0 Å². The molecule has 0 aromatic heterocycles. The summed E-state index contributed by atoms with van der Waals surface area (Å²) in [6.45, 7) is 14.0. The number of amides is 2. The summed E-state index contributed by atoms with van der Waals surface area (Å²) in [5.74, 6) is -0.141. The zero-order valence-corrected chi connectivity index (χ0v) is 13.6. The van der Waals surface area contributed by atoms with Gasteiger partial charge in [0.05, 0.1) is 12.5 Å². The first kappa shape index (κ1) is 17.1. The Balaban J connectivity index is 2.47. The highest BCUT2D eigenvalue weighted by atomic mass is 16.2. The van der Waals surface area contributed by atoms with E-state index in [0.717, 1.165) is 13.1 Å². The minimum atomic E-state index is -0.342. The highest BCUT2D eigenvalue weighted by Gasteiger charge is 2.39. The molecule has 5 nitrogen and oxygen atoms in total. The summed E-state index contributed by atoms with van der Waals surface area (Å²) in [6.07, 6.45) is 0.292. The van der Waals surface area contributed by atoms with E-state index in [0.29, 0.717) is 18.5 Å². The van der Waals surface area contributed by atoms with E-state index in [2.05, 4.69) is 37.9 Å². The molecule has 5 heteroatoms. The summed E-state index contributed by atoms with van der Waals surface area (Å²) in [7, 11) is 0. The average molecular weight is 283 g/mol. The van der Waals surface area contributed by atoms with E-state index in [1.165, 1.54) is 4.90 Å². The van der Waals surface area contributed by atoms with Gasteiger partial charge < -0.3 is 5.32 Å². The SMILES string of the molecule is CC(C)N1C(=O)CC(NCCN(C(C)C)C(C)C)C1=O. The molecule has 1 aliphatic heterocycles. The normalized spacial score (nSPS) is 20.3. The van der Waals surface area contributed by atoms with Gasteiger partial charge in [0, 0.05) is 31.2 Å². The third kappa shape index (κ3) is 4.03.